The molecule has 0 aliphatic heterocycles. The van der Waals surface area contributed by atoms with E-state index in [1.807, 2.05) is 0 Å². The van der Waals surface area contributed by atoms with Gasteiger partial charge in [-0.3, -0.25) is 0 Å². The van der Waals surface area contributed by atoms with Gasteiger partial charge in [0.1, 0.15) is 0 Å². The molecule has 1 fully saturated rings. The number of hydrogen-bond acceptors (Lipinski definition) is 4. The fourth-order valence-corrected chi connectivity index (χ4v) is 1.95. The number of nitrogens with one attached hydrogen (secondary N) is 1. The summed E-state index contributed by atoms with van der Waals surface area (Å²) in [5, 5.41) is 29.9. The third kappa shape index (κ3) is 2.95. The standard InChI is InChI=1S/C10H18N2O2/c11-5-8-3-1-2-4-10(8)12-9(6-13)7-14/h8-10,12-14H,1-4,6-7H2. The Kier molecular flexibility index (Phi) is 4.88. The van der Waals surface area contributed by atoms with Gasteiger partial charge in [-0.15, -0.1) is 0 Å². The number of aliphatic hydroxyl groups excluding tert-OH is 2. The molecule has 1 rings (SSSR count). The summed E-state index contributed by atoms with van der Waals surface area (Å²) in [6, 6.07) is 2.14. The Morgan fingerprint density at radius 1 is 1.29 bits per heavy atom. The zero-order chi connectivity index (χ0) is 10.4. The summed E-state index contributed by atoms with van der Waals surface area (Å²) in [7, 11) is 0. The number of rotatable bonds is 4. The van der Waals surface area contributed by atoms with Crippen molar-refractivity contribution in [1.29, 1.82) is 5.26 Å². The zero-order valence-electron chi connectivity index (χ0n) is 8.32. The van der Waals surface area contributed by atoms with Crippen LogP contribution < -0.4 is 5.32 Å². The summed E-state index contributed by atoms with van der Waals surface area (Å²) in [6.07, 6.45) is 4.13. The summed E-state index contributed by atoms with van der Waals surface area (Å²) in [6.45, 7) is -0.156. The van der Waals surface area contributed by atoms with E-state index in [9.17, 15) is 0 Å². The summed E-state index contributed by atoms with van der Waals surface area (Å²) < 4.78 is 0. The Labute approximate surface area is 84.5 Å². The summed E-state index contributed by atoms with van der Waals surface area (Å²) in [5.41, 5.74) is 0. The molecule has 0 saturated heterocycles. The van der Waals surface area contributed by atoms with E-state index in [4.69, 9.17) is 15.5 Å². The Hall–Kier alpha value is -0.630. The van der Waals surface area contributed by atoms with Crippen molar-refractivity contribution in [3.05, 3.63) is 0 Å². The molecule has 80 valence electrons. The topological polar surface area (TPSA) is 76.3 Å². The van der Waals surface area contributed by atoms with Gasteiger partial charge >= 0.3 is 0 Å². The van der Waals surface area contributed by atoms with Crippen LogP contribution in [-0.4, -0.2) is 35.5 Å². The Morgan fingerprint density at radius 3 is 2.50 bits per heavy atom. The first-order chi connectivity index (χ1) is 6.81. The number of nitriles is 1. The molecule has 0 heterocycles. The first kappa shape index (κ1) is 11.4. The van der Waals surface area contributed by atoms with Gasteiger partial charge in [-0.1, -0.05) is 12.8 Å². The molecule has 0 aromatic carbocycles. The molecule has 4 nitrogen and oxygen atoms in total. The minimum Gasteiger partial charge on any atom is -0.395 e. The Bertz CT molecular complexity index is 199. The highest BCUT2D eigenvalue weighted by Crippen LogP contribution is 2.23. The van der Waals surface area contributed by atoms with Crippen molar-refractivity contribution in [3.63, 3.8) is 0 Å². The second-order valence-corrected chi connectivity index (χ2v) is 3.86. The third-order valence-corrected chi connectivity index (χ3v) is 2.82. The van der Waals surface area contributed by atoms with Crippen LogP contribution in [0.2, 0.25) is 0 Å². The van der Waals surface area contributed by atoms with Crippen molar-refractivity contribution in [2.45, 2.75) is 37.8 Å². The zero-order valence-corrected chi connectivity index (χ0v) is 8.32. The normalized spacial score (nSPS) is 27.6. The molecule has 1 aliphatic carbocycles. The average Bonchev–Trinajstić information content (AvgIpc) is 2.26. The molecular formula is C10H18N2O2. The molecule has 0 spiro atoms. The molecule has 0 radical (unpaired) electrons. The van der Waals surface area contributed by atoms with Crippen molar-refractivity contribution >= 4 is 0 Å². The molecule has 3 N–H and O–H groups in total. The number of nitrogens with zero attached hydrogens (tertiary/aromatic N) is 1. The van der Waals surface area contributed by atoms with Crippen LogP contribution in [0.4, 0.5) is 0 Å². The Balaban J connectivity index is 2.44. The highest BCUT2D eigenvalue weighted by molar-refractivity contribution is 4.95. The summed E-state index contributed by atoms with van der Waals surface area (Å²) in [5.74, 6) is 0.0318. The third-order valence-electron chi connectivity index (χ3n) is 2.82. The van der Waals surface area contributed by atoms with Gasteiger partial charge in [0.05, 0.1) is 31.2 Å². The van der Waals surface area contributed by atoms with Crippen molar-refractivity contribution in [3.8, 4) is 6.07 Å². The van der Waals surface area contributed by atoms with Crippen molar-refractivity contribution in [2.24, 2.45) is 5.92 Å². The van der Waals surface area contributed by atoms with E-state index in [0.29, 0.717) is 0 Å². The second kappa shape index (κ2) is 5.97. The Morgan fingerprint density at radius 2 is 1.93 bits per heavy atom. The van der Waals surface area contributed by atoms with E-state index in [1.54, 1.807) is 0 Å². The first-order valence-electron chi connectivity index (χ1n) is 5.19. The van der Waals surface area contributed by atoms with Crippen molar-refractivity contribution < 1.29 is 10.2 Å². The minimum atomic E-state index is -0.283. The van der Waals surface area contributed by atoms with E-state index in [0.717, 1.165) is 25.7 Å². The van der Waals surface area contributed by atoms with E-state index in [-0.39, 0.29) is 31.2 Å². The van der Waals surface area contributed by atoms with Crippen molar-refractivity contribution in [1.82, 2.24) is 5.32 Å². The van der Waals surface area contributed by atoms with E-state index in [2.05, 4.69) is 11.4 Å². The maximum absolute atomic E-state index is 8.91. The monoisotopic (exact) mass is 198 g/mol. The molecule has 1 saturated carbocycles. The summed E-state index contributed by atoms with van der Waals surface area (Å²) in [4.78, 5) is 0. The number of aliphatic hydroxyl groups is 2. The molecule has 2 atom stereocenters. The fourth-order valence-electron chi connectivity index (χ4n) is 1.95. The van der Waals surface area contributed by atoms with Gasteiger partial charge in [-0.2, -0.15) is 5.26 Å². The van der Waals surface area contributed by atoms with Crippen LogP contribution in [0.15, 0.2) is 0 Å². The van der Waals surface area contributed by atoms with E-state index >= 15 is 0 Å². The quantitative estimate of drug-likeness (QED) is 0.595. The van der Waals surface area contributed by atoms with Gasteiger partial charge in [-0.25, -0.2) is 0 Å². The lowest BCUT2D eigenvalue weighted by atomic mass is 9.85. The van der Waals surface area contributed by atoms with Crippen LogP contribution in [0.3, 0.4) is 0 Å². The lowest BCUT2D eigenvalue weighted by Gasteiger charge is -2.30. The second-order valence-electron chi connectivity index (χ2n) is 3.86. The SMILES string of the molecule is N#CC1CCCCC1NC(CO)CO. The molecule has 1 aliphatic rings. The highest BCUT2D eigenvalue weighted by atomic mass is 16.3. The predicted molar refractivity (Wildman–Crippen MR) is 52.5 cm³/mol. The van der Waals surface area contributed by atoms with Gasteiger partial charge < -0.3 is 15.5 Å². The highest BCUT2D eigenvalue weighted by Gasteiger charge is 2.26. The smallest absolute Gasteiger partial charge is 0.0672 e. The van der Waals surface area contributed by atoms with Gasteiger partial charge in [0.2, 0.25) is 0 Å². The van der Waals surface area contributed by atoms with E-state index < -0.39 is 0 Å². The molecule has 2 unspecified atom stereocenters. The molecule has 14 heavy (non-hydrogen) atoms. The van der Waals surface area contributed by atoms with Gasteiger partial charge in [-0.05, 0) is 12.8 Å². The van der Waals surface area contributed by atoms with Crippen LogP contribution in [0.25, 0.3) is 0 Å². The van der Waals surface area contributed by atoms with Gasteiger partial charge in [0.15, 0.2) is 0 Å². The van der Waals surface area contributed by atoms with Gasteiger partial charge in [0, 0.05) is 6.04 Å². The van der Waals surface area contributed by atoms with E-state index in [1.165, 1.54) is 0 Å². The number of hydrogen-bond donors (Lipinski definition) is 3. The van der Waals surface area contributed by atoms with Crippen LogP contribution in [0.1, 0.15) is 25.7 Å². The molecule has 0 amide bonds. The predicted octanol–water partition coefficient (Wildman–Crippen LogP) is 0.0116. The molecular weight excluding hydrogens is 180 g/mol. The van der Waals surface area contributed by atoms with Crippen LogP contribution >= 0.6 is 0 Å². The average molecular weight is 198 g/mol. The molecule has 0 aromatic rings. The van der Waals surface area contributed by atoms with Crippen LogP contribution in [0.5, 0.6) is 0 Å². The van der Waals surface area contributed by atoms with Crippen molar-refractivity contribution in [2.75, 3.05) is 13.2 Å². The largest absolute Gasteiger partial charge is 0.395 e. The maximum Gasteiger partial charge on any atom is 0.0672 e. The molecule has 0 aromatic heterocycles. The summed E-state index contributed by atoms with van der Waals surface area (Å²) >= 11 is 0. The maximum atomic E-state index is 8.91. The minimum absolute atomic E-state index is 0.0318. The van der Waals surface area contributed by atoms with Crippen LogP contribution in [0, 0.1) is 17.2 Å². The van der Waals surface area contributed by atoms with Crippen LogP contribution in [-0.2, 0) is 0 Å². The fraction of sp³-hybridized carbons (Fsp3) is 0.900. The molecule has 0 bridgehead atoms. The first-order valence-corrected chi connectivity index (χ1v) is 5.19. The lowest BCUT2D eigenvalue weighted by Crippen LogP contribution is -2.47. The van der Waals surface area contributed by atoms with Gasteiger partial charge in [0.25, 0.3) is 0 Å². The lowest BCUT2D eigenvalue weighted by molar-refractivity contribution is 0.147. The molecule has 4 heteroatoms.